The van der Waals surface area contributed by atoms with Gasteiger partial charge in [0, 0.05) is 24.1 Å². The predicted molar refractivity (Wildman–Crippen MR) is 105 cm³/mol. The second-order valence-electron chi connectivity index (χ2n) is 5.40. The molecule has 0 bridgehead atoms. The standard InChI is InChI=1S/C18H20ClN5O2/c1-3-10-21-18(26)23-14-8-6-13(7-9-14)22-12(2)17(25)24-15-5-4-11-20-16(15)19/h3-9,11-12,22H,1,10H2,2H3,(H,24,25)(H2,21,23,26). The molecule has 2 rings (SSSR count). The van der Waals surface area contributed by atoms with Gasteiger partial charge in [0.15, 0.2) is 5.15 Å². The monoisotopic (exact) mass is 373 g/mol. The number of halogens is 1. The van der Waals surface area contributed by atoms with Crippen molar-refractivity contribution in [1.29, 1.82) is 0 Å². The molecule has 1 aromatic heterocycles. The molecule has 1 aromatic carbocycles. The van der Waals surface area contributed by atoms with E-state index < -0.39 is 6.04 Å². The summed E-state index contributed by atoms with van der Waals surface area (Å²) in [6.07, 6.45) is 3.14. The molecule has 4 N–H and O–H groups in total. The summed E-state index contributed by atoms with van der Waals surface area (Å²) in [5, 5.41) is 11.3. The molecule has 0 radical (unpaired) electrons. The number of nitrogens with zero attached hydrogens (tertiary/aromatic N) is 1. The van der Waals surface area contributed by atoms with E-state index in [1.807, 2.05) is 0 Å². The number of carbonyl (C=O) groups excluding carboxylic acids is 2. The van der Waals surface area contributed by atoms with Gasteiger partial charge in [0.25, 0.3) is 0 Å². The normalized spacial score (nSPS) is 11.2. The van der Waals surface area contributed by atoms with Crippen LogP contribution in [0.3, 0.4) is 0 Å². The first-order valence-corrected chi connectivity index (χ1v) is 8.31. The molecule has 0 aliphatic heterocycles. The Bertz CT molecular complexity index is 779. The third kappa shape index (κ3) is 5.78. The van der Waals surface area contributed by atoms with Gasteiger partial charge in [-0.05, 0) is 43.3 Å². The average Bonchev–Trinajstić information content (AvgIpc) is 2.63. The van der Waals surface area contributed by atoms with Gasteiger partial charge in [0.2, 0.25) is 5.91 Å². The molecule has 0 fully saturated rings. The van der Waals surface area contributed by atoms with E-state index in [1.54, 1.807) is 55.6 Å². The maximum Gasteiger partial charge on any atom is 0.319 e. The Hall–Kier alpha value is -3.06. The number of hydrogen-bond donors (Lipinski definition) is 4. The zero-order chi connectivity index (χ0) is 18.9. The van der Waals surface area contributed by atoms with Crippen LogP contribution >= 0.6 is 11.6 Å². The van der Waals surface area contributed by atoms with Crippen LogP contribution in [0.2, 0.25) is 5.15 Å². The zero-order valence-electron chi connectivity index (χ0n) is 14.3. The van der Waals surface area contributed by atoms with E-state index in [0.29, 0.717) is 17.9 Å². The van der Waals surface area contributed by atoms with Crippen molar-refractivity contribution in [2.75, 3.05) is 22.5 Å². The third-order valence-electron chi connectivity index (χ3n) is 3.34. The van der Waals surface area contributed by atoms with Gasteiger partial charge in [-0.15, -0.1) is 6.58 Å². The molecular formula is C18H20ClN5O2. The van der Waals surface area contributed by atoms with Gasteiger partial charge in [0.05, 0.1) is 5.69 Å². The SMILES string of the molecule is C=CCNC(=O)Nc1ccc(NC(C)C(=O)Nc2cccnc2Cl)cc1. The summed E-state index contributed by atoms with van der Waals surface area (Å²) in [6, 6.07) is 9.56. The van der Waals surface area contributed by atoms with Crippen LogP contribution in [-0.4, -0.2) is 29.5 Å². The largest absolute Gasteiger partial charge is 0.374 e. The van der Waals surface area contributed by atoms with Crippen LogP contribution in [0.4, 0.5) is 21.9 Å². The molecule has 0 saturated carbocycles. The van der Waals surface area contributed by atoms with Crippen LogP contribution in [0, 0.1) is 0 Å². The Morgan fingerprint density at radius 1 is 1.19 bits per heavy atom. The quantitative estimate of drug-likeness (QED) is 0.441. The highest BCUT2D eigenvalue weighted by atomic mass is 35.5. The van der Waals surface area contributed by atoms with Gasteiger partial charge in [-0.3, -0.25) is 4.79 Å². The van der Waals surface area contributed by atoms with Gasteiger partial charge in [0.1, 0.15) is 6.04 Å². The average molecular weight is 374 g/mol. The lowest BCUT2D eigenvalue weighted by atomic mass is 10.2. The van der Waals surface area contributed by atoms with Gasteiger partial charge in [-0.1, -0.05) is 17.7 Å². The zero-order valence-corrected chi connectivity index (χ0v) is 15.0. The number of amides is 3. The lowest BCUT2D eigenvalue weighted by Gasteiger charge is -2.16. The van der Waals surface area contributed by atoms with Gasteiger partial charge in [-0.25, -0.2) is 9.78 Å². The van der Waals surface area contributed by atoms with Crippen LogP contribution in [0.25, 0.3) is 0 Å². The number of benzene rings is 1. The fraction of sp³-hybridized carbons (Fsp3) is 0.167. The molecule has 1 atom stereocenters. The number of aromatic nitrogens is 1. The number of pyridine rings is 1. The second kappa shape index (κ2) is 9.43. The Morgan fingerprint density at radius 3 is 2.54 bits per heavy atom. The van der Waals surface area contributed by atoms with Crippen molar-refractivity contribution in [3.05, 3.63) is 60.4 Å². The molecule has 7 nitrogen and oxygen atoms in total. The van der Waals surface area contributed by atoms with Crippen molar-refractivity contribution in [2.24, 2.45) is 0 Å². The lowest BCUT2D eigenvalue weighted by molar-refractivity contribution is -0.116. The highest BCUT2D eigenvalue weighted by molar-refractivity contribution is 6.32. The molecule has 136 valence electrons. The Balaban J connectivity index is 1.89. The molecule has 3 amide bonds. The fourth-order valence-corrected chi connectivity index (χ4v) is 2.19. The first kappa shape index (κ1) is 19.3. The van der Waals surface area contributed by atoms with Crippen molar-refractivity contribution in [1.82, 2.24) is 10.3 Å². The summed E-state index contributed by atoms with van der Waals surface area (Å²) < 4.78 is 0. The molecule has 0 spiro atoms. The number of hydrogen-bond acceptors (Lipinski definition) is 4. The predicted octanol–water partition coefficient (Wildman–Crippen LogP) is 3.48. The topological polar surface area (TPSA) is 95.2 Å². The fourth-order valence-electron chi connectivity index (χ4n) is 2.03. The van der Waals surface area contributed by atoms with Crippen molar-refractivity contribution in [3.63, 3.8) is 0 Å². The van der Waals surface area contributed by atoms with Crippen LogP contribution in [-0.2, 0) is 4.79 Å². The van der Waals surface area contributed by atoms with E-state index in [2.05, 4.69) is 32.8 Å². The van der Waals surface area contributed by atoms with E-state index in [-0.39, 0.29) is 17.1 Å². The van der Waals surface area contributed by atoms with E-state index in [1.165, 1.54) is 0 Å². The molecule has 0 saturated heterocycles. The third-order valence-corrected chi connectivity index (χ3v) is 3.64. The minimum Gasteiger partial charge on any atom is -0.374 e. The first-order valence-electron chi connectivity index (χ1n) is 7.93. The summed E-state index contributed by atoms with van der Waals surface area (Å²) in [4.78, 5) is 27.7. The lowest BCUT2D eigenvalue weighted by Crippen LogP contribution is -2.32. The number of carbonyl (C=O) groups is 2. The van der Waals surface area contributed by atoms with E-state index in [9.17, 15) is 9.59 Å². The summed E-state index contributed by atoms with van der Waals surface area (Å²) in [5.74, 6) is -0.245. The second-order valence-corrected chi connectivity index (χ2v) is 5.76. The highest BCUT2D eigenvalue weighted by Crippen LogP contribution is 2.18. The van der Waals surface area contributed by atoms with Gasteiger partial charge in [-0.2, -0.15) is 0 Å². The number of nitrogens with one attached hydrogen (secondary N) is 4. The Kier molecular flexibility index (Phi) is 6.99. The summed E-state index contributed by atoms with van der Waals surface area (Å²) in [7, 11) is 0. The van der Waals surface area contributed by atoms with Crippen LogP contribution in [0.5, 0.6) is 0 Å². The van der Waals surface area contributed by atoms with Crippen molar-refractivity contribution in [3.8, 4) is 0 Å². The van der Waals surface area contributed by atoms with Crippen LogP contribution < -0.4 is 21.3 Å². The minimum atomic E-state index is -0.499. The molecule has 0 aliphatic rings. The molecular weight excluding hydrogens is 354 g/mol. The Morgan fingerprint density at radius 2 is 1.88 bits per heavy atom. The molecule has 8 heteroatoms. The smallest absolute Gasteiger partial charge is 0.319 e. The molecule has 0 aliphatic carbocycles. The maximum atomic E-state index is 12.2. The molecule has 26 heavy (non-hydrogen) atoms. The van der Waals surface area contributed by atoms with E-state index in [4.69, 9.17) is 11.6 Å². The molecule has 1 heterocycles. The summed E-state index contributed by atoms with van der Waals surface area (Å²) in [5.41, 5.74) is 1.83. The van der Waals surface area contributed by atoms with Crippen molar-refractivity contribution in [2.45, 2.75) is 13.0 Å². The maximum absolute atomic E-state index is 12.2. The van der Waals surface area contributed by atoms with E-state index >= 15 is 0 Å². The van der Waals surface area contributed by atoms with Crippen molar-refractivity contribution >= 4 is 40.6 Å². The summed E-state index contributed by atoms with van der Waals surface area (Å²) >= 11 is 5.93. The molecule has 2 aromatic rings. The first-order chi connectivity index (χ1) is 12.5. The van der Waals surface area contributed by atoms with Crippen molar-refractivity contribution < 1.29 is 9.59 Å². The van der Waals surface area contributed by atoms with Crippen LogP contribution in [0.15, 0.2) is 55.3 Å². The summed E-state index contributed by atoms with van der Waals surface area (Å²) in [6.45, 7) is 5.65. The van der Waals surface area contributed by atoms with Crippen LogP contribution in [0.1, 0.15) is 6.92 Å². The number of rotatable bonds is 7. The van der Waals surface area contributed by atoms with Gasteiger partial charge < -0.3 is 21.3 Å². The van der Waals surface area contributed by atoms with E-state index in [0.717, 1.165) is 5.69 Å². The Labute approximate surface area is 156 Å². The van der Waals surface area contributed by atoms with Gasteiger partial charge >= 0.3 is 6.03 Å². The highest BCUT2D eigenvalue weighted by Gasteiger charge is 2.14. The minimum absolute atomic E-state index is 0.234. The molecule has 1 unspecified atom stereocenters. The number of anilines is 3. The number of urea groups is 1.